The van der Waals surface area contributed by atoms with Crippen molar-refractivity contribution in [2.24, 2.45) is 5.92 Å². The molecular weight excluding hydrogens is 374 g/mol. The van der Waals surface area contributed by atoms with E-state index in [1.54, 1.807) is 36.4 Å². The Kier molecular flexibility index (Phi) is 5.92. The highest BCUT2D eigenvalue weighted by molar-refractivity contribution is 5.98. The molecule has 152 valence electrons. The first kappa shape index (κ1) is 20.1. The van der Waals surface area contributed by atoms with Crippen LogP contribution in [0.4, 0.5) is 10.5 Å². The quantitative estimate of drug-likeness (QED) is 0.599. The predicted molar refractivity (Wildman–Crippen MR) is 108 cm³/mol. The first-order valence-corrected chi connectivity index (χ1v) is 9.10. The Morgan fingerprint density at radius 3 is 2.72 bits per heavy atom. The fourth-order valence-corrected chi connectivity index (χ4v) is 3.25. The molecule has 4 N–H and O–H groups in total. The minimum absolute atomic E-state index is 0.0916. The molecular formula is C21H23N3O5. The number of aromatic hydroxyl groups is 1. The Hall–Kier alpha value is -3.68. The molecule has 0 bridgehead atoms. The number of para-hydroxylation sites is 2. The number of phenolic OH excluding ortho intramolecular Hbond substituents is 1. The van der Waals surface area contributed by atoms with Crippen molar-refractivity contribution in [1.82, 2.24) is 10.6 Å². The zero-order chi connectivity index (χ0) is 21.0. The zero-order valence-corrected chi connectivity index (χ0v) is 16.2. The van der Waals surface area contributed by atoms with Crippen molar-refractivity contribution in [3.63, 3.8) is 0 Å². The Labute approximate surface area is 168 Å². The number of phenols is 1. The van der Waals surface area contributed by atoms with Gasteiger partial charge >= 0.3 is 6.03 Å². The van der Waals surface area contributed by atoms with Gasteiger partial charge in [-0.05, 0) is 31.2 Å². The molecule has 8 heteroatoms. The van der Waals surface area contributed by atoms with Crippen molar-refractivity contribution in [2.45, 2.75) is 13.0 Å². The minimum Gasteiger partial charge on any atom is -0.507 e. The highest BCUT2D eigenvalue weighted by Crippen LogP contribution is 2.37. The van der Waals surface area contributed by atoms with E-state index in [4.69, 9.17) is 9.47 Å². The Bertz CT molecular complexity index is 944. The molecule has 2 aromatic rings. The highest BCUT2D eigenvalue weighted by Gasteiger charge is 2.39. The molecule has 29 heavy (non-hydrogen) atoms. The van der Waals surface area contributed by atoms with Gasteiger partial charge in [0, 0.05) is 17.3 Å². The van der Waals surface area contributed by atoms with Crippen LogP contribution in [0.3, 0.4) is 0 Å². The van der Waals surface area contributed by atoms with Crippen molar-refractivity contribution in [3.05, 3.63) is 60.3 Å². The van der Waals surface area contributed by atoms with E-state index >= 15 is 0 Å². The number of methoxy groups -OCH3 is 1. The number of amides is 3. The van der Waals surface area contributed by atoms with Gasteiger partial charge in [-0.2, -0.15) is 0 Å². The Morgan fingerprint density at radius 2 is 2.03 bits per heavy atom. The lowest BCUT2D eigenvalue weighted by Gasteiger charge is -2.34. The van der Waals surface area contributed by atoms with Crippen molar-refractivity contribution in [1.29, 1.82) is 0 Å². The first-order chi connectivity index (χ1) is 13.9. The molecule has 1 saturated heterocycles. The van der Waals surface area contributed by atoms with Gasteiger partial charge in [0.2, 0.25) is 5.91 Å². The third kappa shape index (κ3) is 4.26. The summed E-state index contributed by atoms with van der Waals surface area (Å²) >= 11 is 0. The molecule has 0 radical (unpaired) electrons. The maximum absolute atomic E-state index is 13.1. The molecule has 0 aromatic heterocycles. The van der Waals surface area contributed by atoms with Crippen molar-refractivity contribution in [3.8, 4) is 17.2 Å². The van der Waals surface area contributed by atoms with Crippen molar-refractivity contribution >= 4 is 17.6 Å². The summed E-state index contributed by atoms with van der Waals surface area (Å²) in [5, 5.41) is 18.5. The minimum atomic E-state index is -0.874. The van der Waals surface area contributed by atoms with E-state index in [2.05, 4.69) is 22.5 Å². The summed E-state index contributed by atoms with van der Waals surface area (Å²) in [4.78, 5) is 25.1. The molecule has 1 fully saturated rings. The highest BCUT2D eigenvalue weighted by atomic mass is 16.5. The average Bonchev–Trinajstić information content (AvgIpc) is 2.68. The molecule has 2 atom stereocenters. The number of hydrogen-bond donors (Lipinski definition) is 4. The van der Waals surface area contributed by atoms with E-state index in [-0.39, 0.29) is 11.4 Å². The molecule has 3 amide bonds. The first-order valence-electron chi connectivity index (χ1n) is 9.10. The fourth-order valence-electron chi connectivity index (χ4n) is 3.25. The second-order valence-electron chi connectivity index (χ2n) is 6.42. The molecule has 3 rings (SSSR count). The normalized spacial score (nSPS) is 18.4. The number of benzene rings is 2. The van der Waals surface area contributed by atoms with Crippen LogP contribution in [-0.4, -0.2) is 30.8 Å². The van der Waals surface area contributed by atoms with Crippen LogP contribution in [0, 0.1) is 5.92 Å². The van der Waals surface area contributed by atoms with Gasteiger partial charge in [0.05, 0.1) is 25.4 Å². The van der Waals surface area contributed by atoms with Gasteiger partial charge in [0.25, 0.3) is 0 Å². The molecule has 2 aromatic carbocycles. The van der Waals surface area contributed by atoms with E-state index in [9.17, 15) is 14.7 Å². The number of ether oxygens (including phenoxy) is 2. The number of carbonyl (C=O) groups excluding carboxylic acids is 2. The van der Waals surface area contributed by atoms with E-state index < -0.39 is 23.9 Å². The summed E-state index contributed by atoms with van der Waals surface area (Å²) in [5.74, 6) is -0.389. The summed E-state index contributed by atoms with van der Waals surface area (Å²) in [6.45, 7) is 6.11. The zero-order valence-electron chi connectivity index (χ0n) is 16.2. The Balaban J connectivity index is 1.93. The maximum atomic E-state index is 13.1. The molecule has 0 saturated carbocycles. The van der Waals surface area contributed by atoms with Crippen LogP contribution in [-0.2, 0) is 4.79 Å². The van der Waals surface area contributed by atoms with Crippen LogP contribution in [0.15, 0.2) is 54.7 Å². The smallest absolute Gasteiger partial charge is 0.319 e. The van der Waals surface area contributed by atoms with Crippen LogP contribution in [0.2, 0.25) is 0 Å². The summed E-state index contributed by atoms with van der Waals surface area (Å²) < 4.78 is 10.6. The van der Waals surface area contributed by atoms with Gasteiger partial charge in [0.15, 0.2) is 0 Å². The van der Waals surface area contributed by atoms with Crippen molar-refractivity contribution < 1.29 is 24.2 Å². The third-order valence-corrected chi connectivity index (χ3v) is 4.56. The van der Waals surface area contributed by atoms with Gasteiger partial charge in [-0.25, -0.2) is 4.79 Å². The van der Waals surface area contributed by atoms with Crippen LogP contribution in [0.5, 0.6) is 17.2 Å². The lowest BCUT2D eigenvalue weighted by Crippen LogP contribution is -2.51. The van der Waals surface area contributed by atoms with Crippen LogP contribution < -0.4 is 25.4 Å². The number of anilines is 1. The van der Waals surface area contributed by atoms with E-state index in [0.29, 0.717) is 29.4 Å². The topological polar surface area (TPSA) is 109 Å². The molecule has 1 aliphatic rings. The molecule has 0 aliphatic carbocycles. The number of hydrogen-bond acceptors (Lipinski definition) is 5. The summed E-state index contributed by atoms with van der Waals surface area (Å²) in [5.41, 5.74) is 1.09. The molecule has 0 unspecified atom stereocenters. The Morgan fingerprint density at radius 1 is 1.28 bits per heavy atom. The summed E-state index contributed by atoms with van der Waals surface area (Å²) in [7, 11) is 1.51. The molecule has 8 nitrogen and oxygen atoms in total. The van der Waals surface area contributed by atoms with Gasteiger partial charge in [-0.15, -0.1) is 0 Å². The predicted octanol–water partition coefficient (Wildman–Crippen LogP) is 2.92. The van der Waals surface area contributed by atoms with Crippen LogP contribution in [0.1, 0.15) is 18.5 Å². The number of nitrogens with one attached hydrogen (secondary N) is 3. The molecule has 1 heterocycles. The lowest BCUT2D eigenvalue weighted by molar-refractivity contribution is -0.119. The SMILES string of the molecule is C=C1NC(=O)N[C@H](c2ccc(OCC)cc2O)[C@@H]1C(=O)Nc1ccccc1OC. The van der Waals surface area contributed by atoms with Crippen LogP contribution >= 0.6 is 0 Å². The van der Waals surface area contributed by atoms with Gasteiger partial charge in [-0.3, -0.25) is 4.79 Å². The average molecular weight is 397 g/mol. The van der Waals surface area contributed by atoms with Gasteiger partial charge in [-0.1, -0.05) is 18.7 Å². The summed E-state index contributed by atoms with van der Waals surface area (Å²) in [6, 6.07) is 10.4. The number of rotatable bonds is 6. The largest absolute Gasteiger partial charge is 0.507 e. The third-order valence-electron chi connectivity index (χ3n) is 4.56. The molecule has 1 aliphatic heterocycles. The maximum Gasteiger partial charge on any atom is 0.319 e. The van der Waals surface area contributed by atoms with Crippen molar-refractivity contribution in [2.75, 3.05) is 19.0 Å². The monoisotopic (exact) mass is 397 g/mol. The number of carbonyl (C=O) groups is 2. The second-order valence-corrected chi connectivity index (χ2v) is 6.42. The summed E-state index contributed by atoms with van der Waals surface area (Å²) in [6.07, 6.45) is 0. The second kappa shape index (κ2) is 8.55. The van der Waals surface area contributed by atoms with Gasteiger partial charge < -0.3 is 30.5 Å². The molecule has 0 spiro atoms. The fraction of sp³-hybridized carbons (Fsp3) is 0.238. The van der Waals surface area contributed by atoms with E-state index in [0.717, 1.165) is 0 Å². The lowest BCUT2D eigenvalue weighted by atomic mass is 9.87. The van der Waals surface area contributed by atoms with Gasteiger partial charge in [0.1, 0.15) is 23.2 Å². The van der Waals surface area contributed by atoms with E-state index in [1.165, 1.54) is 13.2 Å². The standard InChI is InChI=1S/C21H23N3O5/c1-4-29-13-9-10-14(16(25)11-13)19-18(12(2)22-21(27)24-19)20(26)23-15-7-5-6-8-17(15)28-3/h5-11,18-19,25H,2,4H2,1,3H3,(H,23,26)(H2,22,24,27)/t18-,19-/m1/s1. The van der Waals surface area contributed by atoms with Crippen LogP contribution in [0.25, 0.3) is 0 Å². The number of urea groups is 1. The van der Waals surface area contributed by atoms with E-state index in [1.807, 2.05) is 6.92 Å².